The fourth-order valence-corrected chi connectivity index (χ4v) is 2.61. The van der Waals surface area contributed by atoms with Gasteiger partial charge in [-0.3, -0.25) is 9.78 Å². The SMILES string of the molecule is Cc1nc(Nc2ccccc2)[nH]c(=O)c1Cc1ccc(Br)cc1. The van der Waals surface area contributed by atoms with Crippen LogP contribution in [0.15, 0.2) is 63.9 Å². The lowest BCUT2D eigenvalue weighted by Crippen LogP contribution is -2.18. The predicted molar refractivity (Wildman–Crippen MR) is 96.3 cm³/mol. The van der Waals surface area contributed by atoms with E-state index in [-0.39, 0.29) is 5.56 Å². The second-order valence-corrected chi connectivity index (χ2v) is 6.19. The molecule has 0 saturated carbocycles. The number of benzene rings is 2. The van der Waals surface area contributed by atoms with Crippen LogP contribution < -0.4 is 10.9 Å². The van der Waals surface area contributed by atoms with E-state index in [0.29, 0.717) is 17.9 Å². The van der Waals surface area contributed by atoms with Gasteiger partial charge in [0.1, 0.15) is 0 Å². The number of hydrogen-bond donors (Lipinski definition) is 2. The van der Waals surface area contributed by atoms with Crippen LogP contribution in [0, 0.1) is 6.92 Å². The number of nitrogens with zero attached hydrogens (tertiary/aromatic N) is 1. The van der Waals surface area contributed by atoms with E-state index in [1.165, 1.54) is 0 Å². The number of H-pyrrole nitrogens is 1. The highest BCUT2D eigenvalue weighted by molar-refractivity contribution is 9.10. The topological polar surface area (TPSA) is 57.8 Å². The summed E-state index contributed by atoms with van der Waals surface area (Å²) in [6, 6.07) is 17.6. The highest BCUT2D eigenvalue weighted by atomic mass is 79.9. The number of aryl methyl sites for hydroxylation is 1. The van der Waals surface area contributed by atoms with E-state index in [1.807, 2.05) is 61.5 Å². The molecule has 116 valence electrons. The second-order valence-electron chi connectivity index (χ2n) is 5.27. The number of hydrogen-bond acceptors (Lipinski definition) is 3. The average Bonchev–Trinajstić information content (AvgIpc) is 2.54. The molecule has 0 aliphatic rings. The van der Waals surface area contributed by atoms with Gasteiger partial charge in [-0.1, -0.05) is 46.3 Å². The van der Waals surface area contributed by atoms with Crippen LogP contribution in [0.25, 0.3) is 0 Å². The number of nitrogens with one attached hydrogen (secondary N) is 2. The Kier molecular flexibility index (Phi) is 4.57. The van der Waals surface area contributed by atoms with Crippen LogP contribution in [-0.4, -0.2) is 9.97 Å². The van der Waals surface area contributed by atoms with Crippen LogP contribution in [0.5, 0.6) is 0 Å². The van der Waals surface area contributed by atoms with Crippen LogP contribution in [0.2, 0.25) is 0 Å². The molecule has 4 nitrogen and oxygen atoms in total. The summed E-state index contributed by atoms with van der Waals surface area (Å²) >= 11 is 3.41. The summed E-state index contributed by atoms with van der Waals surface area (Å²) in [5.41, 5.74) is 3.27. The van der Waals surface area contributed by atoms with Crippen molar-refractivity contribution in [3.63, 3.8) is 0 Å². The molecule has 0 fully saturated rings. The van der Waals surface area contributed by atoms with E-state index in [0.717, 1.165) is 21.4 Å². The van der Waals surface area contributed by atoms with Crippen molar-refractivity contribution < 1.29 is 0 Å². The maximum absolute atomic E-state index is 12.4. The molecule has 2 N–H and O–H groups in total. The van der Waals surface area contributed by atoms with E-state index < -0.39 is 0 Å². The van der Waals surface area contributed by atoms with Crippen molar-refractivity contribution in [2.75, 3.05) is 5.32 Å². The number of halogens is 1. The summed E-state index contributed by atoms with van der Waals surface area (Å²) in [5.74, 6) is 0.457. The third-order valence-corrected chi connectivity index (χ3v) is 4.08. The molecule has 3 rings (SSSR count). The number of anilines is 2. The first-order valence-electron chi connectivity index (χ1n) is 7.28. The molecule has 2 aromatic carbocycles. The molecule has 0 bridgehead atoms. The van der Waals surface area contributed by atoms with Gasteiger partial charge in [-0.05, 0) is 36.8 Å². The smallest absolute Gasteiger partial charge is 0.256 e. The van der Waals surface area contributed by atoms with Crippen LogP contribution in [0.1, 0.15) is 16.8 Å². The van der Waals surface area contributed by atoms with Crippen LogP contribution in [-0.2, 0) is 6.42 Å². The summed E-state index contributed by atoms with van der Waals surface area (Å²) in [6.45, 7) is 1.86. The van der Waals surface area contributed by atoms with Gasteiger partial charge < -0.3 is 5.32 Å². The molecule has 0 aliphatic carbocycles. The lowest BCUT2D eigenvalue weighted by atomic mass is 10.1. The highest BCUT2D eigenvalue weighted by Gasteiger charge is 2.09. The molecule has 0 radical (unpaired) electrons. The van der Waals surface area contributed by atoms with Crippen molar-refractivity contribution in [1.29, 1.82) is 0 Å². The minimum absolute atomic E-state index is 0.112. The summed E-state index contributed by atoms with van der Waals surface area (Å²) in [7, 11) is 0. The van der Waals surface area contributed by atoms with Gasteiger partial charge in [-0.25, -0.2) is 4.98 Å². The molecule has 23 heavy (non-hydrogen) atoms. The van der Waals surface area contributed by atoms with Gasteiger partial charge >= 0.3 is 0 Å². The average molecular weight is 370 g/mol. The second kappa shape index (κ2) is 6.79. The molecule has 0 spiro atoms. The lowest BCUT2D eigenvalue weighted by Gasteiger charge is -2.09. The molecule has 0 aliphatic heterocycles. The van der Waals surface area contributed by atoms with Crippen molar-refractivity contribution in [2.24, 2.45) is 0 Å². The first kappa shape index (κ1) is 15.5. The number of aromatic amines is 1. The maximum Gasteiger partial charge on any atom is 0.256 e. The highest BCUT2D eigenvalue weighted by Crippen LogP contribution is 2.15. The molecule has 0 atom stereocenters. The number of para-hydroxylation sites is 1. The standard InChI is InChI=1S/C18H16BrN3O/c1-12-16(11-13-7-9-14(19)10-8-13)17(23)22-18(20-12)21-15-5-3-2-4-6-15/h2-10H,11H2,1H3,(H2,20,21,22,23). The minimum atomic E-state index is -0.112. The Labute approximate surface area is 142 Å². The fourth-order valence-electron chi connectivity index (χ4n) is 2.34. The Morgan fingerprint density at radius 2 is 1.78 bits per heavy atom. The minimum Gasteiger partial charge on any atom is -0.326 e. The van der Waals surface area contributed by atoms with Gasteiger partial charge in [0.2, 0.25) is 5.95 Å². The zero-order valence-electron chi connectivity index (χ0n) is 12.6. The zero-order valence-corrected chi connectivity index (χ0v) is 14.2. The van der Waals surface area contributed by atoms with Crippen molar-refractivity contribution in [2.45, 2.75) is 13.3 Å². The van der Waals surface area contributed by atoms with E-state index in [2.05, 4.69) is 31.2 Å². The molecule has 0 saturated heterocycles. The first-order valence-corrected chi connectivity index (χ1v) is 8.07. The molecule has 1 aromatic heterocycles. The predicted octanol–water partition coefficient (Wildman–Crippen LogP) is 4.18. The largest absolute Gasteiger partial charge is 0.326 e. The summed E-state index contributed by atoms with van der Waals surface area (Å²) in [6.07, 6.45) is 0.563. The molecule has 0 unspecified atom stereocenters. The van der Waals surface area contributed by atoms with Crippen LogP contribution in [0.4, 0.5) is 11.6 Å². The van der Waals surface area contributed by atoms with Crippen LogP contribution >= 0.6 is 15.9 Å². The normalized spacial score (nSPS) is 10.5. The van der Waals surface area contributed by atoms with Crippen molar-refractivity contribution in [3.8, 4) is 0 Å². The summed E-state index contributed by atoms with van der Waals surface area (Å²) in [4.78, 5) is 19.7. The lowest BCUT2D eigenvalue weighted by molar-refractivity contribution is 0.985. The quantitative estimate of drug-likeness (QED) is 0.725. The van der Waals surface area contributed by atoms with Crippen molar-refractivity contribution in [3.05, 3.63) is 86.2 Å². The molecule has 3 aromatic rings. The van der Waals surface area contributed by atoms with Gasteiger partial charge in [-0.2, -0.15) is 0 Å². The Morgan fingerprint density at radius 3 is 2.43 bits per heavy atom. The van der Waals surface area contributed by atoms with Crippen LogP contribution in [0.3, 0.4) is 0 Å². The van der Waals surface area contributed by atoms with Gasteiger partial charge in [0.15, 0.2) is 0 Å². The first-order chi connectivity index (χ1) is 11.1. The van der Waals surface area contributed by atoms with Crippen molar-refractivity contribution in [1.82, 2.24) is 9.97 Å². The van der Waals surface area contributed by atoms with Gasteiger partial charge in [0.05, 0.1) is 5.69 Å². The third kappa shape index (κ3) is 3.87. The Morgan fingerprint density at radius 1 is 1.09 bits per heavy atom. The molecule has 1 heterocycles. The molecule has 5 heteroatoms. The van der Waals surface area contributed by atoms with E-state index in [9.17, 15) is 4.79 Å². The maximum atomic E-state index is 12.4. The Hall–Kier alpha value is -2.40. The fraction of sp³-hybridized carbons (Fsp3) is 0.111. The van der Waals surface area contributed by atoms with Crippen molar-refractivity contribution >= 4 is 27.6 Å². The summed E-state index contributed by atoms with van der Waals surface area (Å²) < 4.78 is 1.02. The monoisotopic (exact) mass is 369 g/mol. The third-order valence-electron chi connectivity index (χ3n) is 3.55. The van der Waals surface area contributed by atoms with E-state index >= 15 is 0 Å². The molecule has 0 amide bonds. The van der Waals surface area contributed by atoms with Gasteiger partial charge in [0, 0.05) is 22.1 Å². The number of aromatic nitrogens is 2. The molecular weight excluding hydrogens is 354 g/mol. The zero-order chi connectivity index (χ0) is 16.2. The van der Waals surface area contributed by atoms with E-state index in [4.69, 9.17) is 0 Å². The van der Waals surface area contributed by atoms with Gasteiger partial charge in [0.25, 0.3) is 5.56 Å². The Balaban J connectivity index is 1.85. The Bertz CT molecular complexity index is 858. The summed E-state index contributed by atoms with van der Waals surface area (Å²) in [5, 5.41) is 3.11. The molecular formula is C18H16BrN3O. The van der Waals surface area contributed by atoms with Gasteiger partial charge in [-0.15, -0.1) is 0 Å². The number of rotatable bonds is 4. The van der Waals surface area contributed by atoms with E-state index in [1.54, 1.807) is 0 Å².